The molecule has 7 N–H and O–H groups in total. The Kier molecular flexibility index (Phi) is 14.7. The molecular formula is C22H25N3O19. The van der Waals surface area contributed by atoms with Crippen LogP contribution < -0.4 is 0 Å². The van der Waals surface area contributed by atoms with Gasteiger partial charge in [0.2, 0.25) is 0 Å². The van der Waals surface area contributed by atoms with E-state index in [-0.39, 0.29) is 53.7 Å². The fraction of sp³-hybridized carbons (Fsp3) is 0.455. The smallest absolute Gasteiger partial charge is 0.364 e. The summed E-state index contributed by atoms with van der Waals surface area (Å²) in [7, 11) is 0. The van der Waals surface area contributed by atoms with E-state index < -0.39 is 83.7 Å². The average molecular weight is 636 g/mol. The first kappa shape index (κ1) is 36.7. The van der Waals surface area contributed by atoms with Crippen LogP contribution >= 0.6 is 0 Å². The Balaban J connectivity index is 0.000000753. The van der Waals surface area contributed by atoms with Gasteiger partial charge < -0.3 is 40.3 Å². The number of aliphatic hydroxyl groups is 4. The highest BCUT2D eigenvalue weighted by Gasteiger charge is 2.41. The molecule has 4 atom stereocenters. The Bertz CT molecular complexity index is 1140. The van der Waals surface area contributed by atoms with Gasteiger partial charge >= 0.3 is 23.9 Å². The van der Waals surface area contributed by atoms with E-state index in [1.807, 2.05) is 0 Å². The summed E-state index contributed by atoms with van der Waals surface area (Å²) < 4.78 is 5.74. The summed E-state index contributed by atoms with van der Waals surface area (Å²) in [4.78, 5) is 117. The van der Waals surface area contributed by atoms with Gasteiger partial charge in [-0.15, -0.1) is 22.9 Å². The van der Waals surface area contributed by atoms with E-state index in [0.717, 1.165) is 0 Å². The van der Waals surface area contributed by atoms with Crippen molar-refractivity contribution in [1.82, 2.24) is 15.2 Å². The Morgan fingerprint density at radius 3 is 1.00 bits per heavy atom. The summed E-state index contributed by atoms with van der Waals surface area (Å²) in [6, 6.07) is 0. The normalized spacial score (nSPS) is 18.6. The molecule has 0 spiro atoms. The van der Waals surface area contributed by atoms with Gasteiger partial charge in [0, 0.05) is 38.5 Å². The molecule has 0 aliphatic carbocycles. The third-order valence-corrected chi connectivity index (χ3v) is 4.99. The Hall–Kier alpha value is -5.34. The molecule has 4 unspecified atom stereocenters. The third kappa shape index (κ3) is 10.8. The van der Waals surface area contributed by atoms with Crippen molar-refractivity contribution in [3.8, 4) is 12.8 Å². The molecule has 0 aromatic heterocycles. The van der Waals surface area contributed by atoms with Gasteiger partial charge in [0.1, 0.15) is 1.37 Å². The average Bonchev–Trinajstić information content (AvgIpc) is 3.59. The van der Waals surface area contributed by atoms with Crippen molar-refractivity contribution >= 4 is 59.3 Å². The molecule has 22 nitrogen and oxygen atoms in total. The van der Waals surface area contributed by atoms with Crippen LogP contribution in [0.15, 0.2) is 0 Å². The number of imide groups is 3. The molecule has 3 saturated heterocycles. The number of terminal acetylenes is 1. The van der Waals surface area contributed by atoms with E-state index in [1.165, 1.54) is 6.40 Å². The number of hydrogen-bond donors (Lipinski definition) is 7. The minimum Gasteiger partial charge on any atom is -0.479 e. The number of hydroxylamine groups is 6. The van der Waals surface area contributed by atoms with Crippen molar-refractivity contribution in [3.63, 3.8) is 0 Å². The van der Waals surface area contributed by atoms with Gasteiger partial charge in [-0.1, -0.05) is 0 Å². The summed E-state index contributed by atoms with van der Waals surface area (Å²) in [5, 5.41) is 60.4. The molecule has 242 valence electrons. The number of amides is 6. The second kappa shape index (κ2) is 17.6. The van der Waals surface area contributed by atoms with Crippen LogP contribution in [0.3, 0.4) is 0 Å². The lowest BCUT2D eigenvalue weighted by Gasteiger charge is -2.19. The van der Waals surface area contributed by atoms with E-state index in [9.17, 15) is 58.2 Å². The summed E-state index contributed by atoms with van der Waals surface area (Å²) >= 11 is 0. The molecule has 0 radical (unpaired) electrons. The number of aliphatic carboxylic acids is 2. The maximum atomic E-state index is 11.6. The molecule has 3 aliphatic rings. The van der Waals surface area contributed by atoms with Crippen LogP contribution in [-0.4, -0.2) is 135 Å². The van der Waals surface area contributed by atoms with Crippen LogP contribution in [0.5, 0.6) is 0 Å². The first-order valence-electron chi connectivity index (χ1n) is 12.1. The van der Waals surface area contributed by atoms with E-state index in [2.05, 4.69) is 16.1 Å². The molecule has 22 heteroatoms. The molecular weight excluding hydrogens is 610 g/mol. The van der Waals surface area contributed by atoms with Gasteiger partial charge in [-0.3, -0.25) is 34.0 Å². The number of carboxylic acids is 2. The number of carbonyl (C=O) groups is 10. The second-order valence-electron chi connectivity index (χ2n) is 8.04. The highest BCUT2D eigenvalue weighted by Crippen LogP contribution is 2.15. The lowest BCUT2D eigenvalue weighted by atomic mass is 10.2. The van der Waals surface area contributed by atoms with E-state index in [0.29, 0.717) is 0 Å². The molecule has 3 aliphatic heterocycles. The number of carbonyl (C=O) groups excluding carboxylic acids is 8. The van der Waals surface area contributed by atoms with E-state index in [1.54, 1.807) is 0 Å². The van der Waals surface area contributed by atoms with Crippen molar-refractivity contribution in [2.75, 3.05) is 0 Å². The fourth-order valence-electron chi connectivity index (χ4n) is 2.70. The second-order valence-corrected chi connectivity index (χ2v) is 8.04. The maximum Gasteiger partial charge on any atom is 0.364 e. The Morgan fingerprint density at radius 2 is 0.818 bits per heavy atom. The zero-order valence-electron chi connectivity index (χ0n) is 23.0. The van der Waals surface area contributed by atoms with Crippen LogP contribution in [-0.2, 0) is 57.6 Å². The lowest BCUT2D eigenvalue weighted by Crippen LogP contribution is -2.47. The van der Waals surface area contributed by atoms with Gasteiger partial charge in [0.25, 0.3) is 35.4 Å². The van der Waals surface area contributed by atoms with Crippen molar-refractivity contribution in [1.29, 1.82) is 0 Å². The fourth-order valence-corrected chi connectivity index (χ4v) is 2.70. The van der Waals surface area contributed by atoms with Gasteiger partial charge in [0.15, 0.2) is 24.4 Å². The van der Waals surface area contributed by atoms with Crippen LogP contribution in [0.2, 0.25) is 0 Å². The quantitative estimate of drug-likeness (QED) is 0.0742. The zero-order valence-corrected chi connectivity index (χ0v) is 22.0. The number of aliphatic hydroxyl groups excluding tert-OH is 4. The minimum absolute atomic E-state index is 0.108. The van der Waals surface area contributed by atoms with Crippen LogP contribution in [0.25, 0.3) is 0 Å². The van der Waals surface area contributed by atoms with Gasteiger partial charge in [-0.25, -0.2) is 19.2 Å². The van der Waals surface area contributed by atoms with Gasteiger partial charge in [-0.2, -0.15) is 5.06 Å². The summed E-state index contributed by atoms with van der Waals surface area (Å²) in [6.45, 7) is 0. The maximum absolute atomic E-state index is 11.6. The molecule has 3 fully saturated rings. The van der Waals surface area contributed by atoms with E-state index >= 15 is 0 Å². The molecule has 0 saturated carbocycles. The largest absolute Gasteiger partial charge is 0.479 e. The first-order chi connectivity index (χ1) is 20.8. The zero-order chi connectivity index (χ0) is 35.2. The summed E-state index contributed by atoms with van der Waals surface area (Å²) in [6.07, 6.45) is -4.24. The highest BCUT2D eigenvalue weighted by molar-refractivity contribution is 6.03. The third-order valence-electron chi connectivity index (χ3n) is 4.99. The molecule has 44 heavy (non-hydrogen) atoms. The number of carboxylic acid groups (broad SMARTS) is 2. The van der Waals surface area contributed by atoms with Crippen LogP contribution in [0.1, 0.15) is 39.9 Å². The van der Waals surface area contributed by atoms with Crippen molar-refractivity contribution in [3.05, 3.63) is 0 Å². The number of rotatable bonds is 8. The van der Waals surface area contributed by atoms with Crippen molar-refractivity contribution in [2.24, 2.45) is 0 Å². The predicted octanol–water partition coefficient (Wildman–Crippen LogP) is -5.43. The predicted molar refractivity (Wildman–Crippen MR) is 126 cm³/mol. The molecule has 3 rings (SSSR count). The lowest BCUT2D eigenvalue weighted by molar-refractivity contribution is -0.216. The highest BCUT2D eigenvalue weighted by atomic mass is 16.7. The number of hydrogen-bond acceptors (Lipinski definition) is 17. The Morgan fingerprint density at radius 1 is 0.591 bits per heavy atom. The van der Waals surface area contributed by atoms with Crippen LogP contribution in [0, 0.1) is 12.8 Å². The van der Waals surface area contributed by atoms with Crippen LogP contribution in [0.4, 0.5) is 0 Å². The summed E-state index contributed by atoms with van der Waals surface area (Å²) in [5.41, 5.74) is 0. The molecule has 0 aromatic carbocycles. The molecule has 0 bridgehead atoms. The minimum atomic E-state index is -2.51. The SMILES string of the molecule is O=C(O)C(O)C(O)C(=O)O.O=C(ON1C(=O)CCC1=O)C(O)C(O)C(=O)ON1C(=O)CCC1=O.O=C1CCC(=O)N1O.[2H]C#C. The standard InChI is InChI=1S/C12H12N2O10.C4H5NO3.C4H6O6.C2H2/c15-5-1-2-6(16)13(5)23-11(21)9(19)10(20)12(22)24-14-7(17)3-4-8(14)18;6-3-1-2-4(7)5(3)8;5-1(3(7)8)2(6)4(9)10;1-2/h9-10,19-20H,1-4H2;8H,1-2H2;1-2,5-6H,(H,7,8)(H,9,10);1-2H/i;;;1D. The topological polar surface area (TPSA) is 340 Å². The van der Waals surface area contributed by atoms with Gasteiger partial charge in [0.05, 0.1) is 0 Å². The monoisotopic (exact) mass is 636 g/mol. The van der Waals surface area contributed by atoms with Gasteiger partial charge in [-0.05, 0) is 0 Å². The van der Waals surface area contributed by atoms with Crippen molar-refractivity contribution < 1.29 is 94.8 Å². The first-order valence-corrected chi connectivity index (χ1v) is 11.6. The Labute approximate surface area is 245 Å². The molecule has 6 amide bonds. The number of nitrogens with zero attached hydrogens (tertiary/aromatic N) is 3. The summed E-state index contributed by atoms with van der Waals surface area (Å²) in [5.74, 6) is -11.2. The molecule has 0 aromatic rings. The molecule has 3 heterocycles. The van der Waals surface area contributed by atoms with E-state index in [4.69, 9.17) is 27.0 Å². The van der Waals surface area contributed by atoms with Crippen molar-refractivity contribution in [2.45, 2.75) is 62.9 Å².